The van der Waals surface area contributed by atoms with E-state index in [1.807, 2.05) is 30.3 Å². The number of amides is 3. The maximum Gasteiger partial charge on any atom is 0.242 e. The Labute approximate surface area is 128 Å². The lowest BCUT2D eigenvalue weighted by Gasteiger charge is -2.19. The van der Waals surface area contributed by atoms with Crippen molar-refractivity contribution >= 4 is 30.4 Å². The number of thiol groups is 1. The summed E-state index contributed by atoms with van der Waals surface area (Å²) in [7, 11) is 0. The third-order valence-electron chi connectivity index (χ3n) is 2.86. The Balaban J connectivity index is 2.64. The molecule has 1 aromatic carbocycles. The molecule has 0 aliphatic rings. The van der Waals surface area contributed by atoms with Crippen molar-refractivity contribution in [1.29, 1.82) is 0 Å². The van der Waals surface area contributed by atoms with Crippen LogP contribution in [0.25, 0.3) is 0 Å². The highest BCUT2D eigenvalue weighted by Gasteiger charge is 2.22. The summed E-state index contributed by atoms with van der Waals surface area (Å²) in [6.07, 6.45) is 0.301. The zero-order chi connectivity index (χ0) is 15.8. The van der Waals surface area contributed by atoms with E-state index in [0.29, 0.717) is 6.42 Å². The average molecular weight is 309 g/mol. The van der Waals surface area contributed by atoms with Crippen LogP contribution in [0.1, 0.15) is 12.5 Å². The summed E-state index contributed by atoms with van der Waals surface area (Å²) in [5.41, 5.74) is 6.19. The molecule has 3 amide bonds. The number of carbonyl (C=O) groups is 3. The molecule has 114 valence electrons. The molecule has 1 aromatic rings. The second kappa shape index (κ2) is 8.31. The van der Waals surface area contributed by atoms with Crippen molar-refractivity contribution in [3.8, 4) is 0 Å². The number of hydrogen-bond donors (Lipinski definition) is 4. The van der Waals surface area contributed by atoms with E-state index in [-0.39, 0.29) is 11.7 Å². The van der Waals surface area contributed by atoms with Gasteiger partial charge in [-0.25, -0.2) is 0 Å². The smallest absolute Gasteiger partial charge is 0.242 e. The highest BCUT2D eigenvalue weighted by atomic mass is 32.1. The third kappa shape index (κ3) is 5.86. The van der Waals surface area contributed by atoms with Crippen molar-refractivity contribution in [3.63, 3.8) is 0 Å². The van der Waals surface area contributed by atoms with E-state index in [1.54, 1.807) is 0 Å². The number of benzene rings is 1. The van der Waals surface area contributed by atoms with Crippen LogP contribution in [0, 0.1) is 0 Å². The van der Waals surface area contributed by atoms with Crippen LogP contribution in [-0.2, 0) is 20.8 Å². The van der Waals surface area contributed by atoms with Crippen molar-refractivity contribution in [2.75, 3.05) is 5.75 Å². The standard InChI is InChI=1S/C14H19N3O3S/c1-9(16-12(18)8-21)14(20)17-11(13(15)19)7-10-5-3-2-4-6-10/h2-6,9,11,21H,7-8H2,1H3,(H2,15,19)(H,16,18)(H,17,20)/t9-,11-/m0/s1. The van der Waals surface area contributed by atoms with E-state index in [9.17, 15) is 14.4 Å². The van der Waals surface area contributed by atoms with Gasteiger partial charge in [0.15, 0.2) is 0 Å². The minimum Gasteiger partial charge on any atom is -0.368 e. The molecule has 0 aromatic heterocycles. The molecule has 21 heavy (non-hydrogen) atoms. The summed E-state index contributed by atoms with van der Waals surface area (Å²) in [6, 6.07) is 7.63. The highest BCUT2D eigenvalue weighted by molar-refractivity contribution is 7.81. The first-order valence-electron chi connectivity index (χ1n) is 6.48. The predicted molar refractivity (Wildman–Crippen MR) is 82.7 cm³/mol. The zero-order valence-corrected chi connectivity index (χ0v) is 12.6. The largest absolute Gasteiger partial charge is 0.368 e. The Bertz CT molecular complexity index is 507. The molecule has 0 unspecified atom stereocenters. The molecule has 7 heteroatoms. The fourth-order valence-corrected chi connectivity index (χ4v) is 1.81. The van der Waals surface area contributed by atoms with E-state index in [1.165, 1.54) is 6.92 Å². The van der Waals surface area contributed by atoms with Gasteiger partial charge in [0.25, 0.3) is 0 Å². The number of primary amides is 1. The normalized spacial score (nSPS) is 13.0. The van der Waals surface area contributed by atoms with Gasteiger partial charge >= 0.3 is 0 Å². The van der Waals surface area contributed by atoms with Crippen LogP contribution in [0.2, 0.25) is 0 Å². The average Bonchev–Trinajstić information content (AvgIpc) is 2.47. The molecule has 0 aliphatic heterocycles. The third-order valence-corrected chi connectivity index (χ3v) is 3.14. The van der Waals surface area contributed by atoms with Gasteiger partial charge in [0, 0.05) is 6.42 Å². The number of hydrogen-bond acceptors (Lipinski definition) is 4. The van der Waals surface area contributed by atoms with Gasteiger partial charge in [-0.3, -0.25) is 14.4 Å². The lowest BCUT2D eigenvalue weighted by Crippen LogP contribution is -2.52. The molecule has 1 rings (SSSR count). The summed E-state index contributed by atoms with van der Waals surface area (Å²) in [6.45, 7) is 1.53. The Morgan fingerprint density at radius 1 is 1.19 bits per heavy atom. The van der Waals surface area contributed by atoms with Crippen LogP contribution in [0.3, 0.4) is 0 Å². The molecule has 0 saturated heterocycles. The molecule has 0 radical (unpaired) electrons. The fourth-order valence-electron chi connectivity index (χ4n) is 1.72. The van der Waals surface area contributed by atoms with Crippen LogP contribution < -0.4 is 16.4 Å². The molecule has 0 saturated carbocycles. The topological polar surface area (TPSA) is 101 Å². The Hall–Kier alpha value is -2.02. The molecule has 0 aliphatic carbocycles. The molecule has 2 atom stereocenters. The van der Waals surface area contributed by atoms with Crippen LogP contribution in [-0.4, -0.2) is 35.6 Å². The van der Waals surface area contributed by atoms with Gasteiger partial charge in [-0.2, -0.15) is 12.6 Å². The van der Waals surface area contributed by atoms with Crippen molar-refractivity contribution < 1.29 is 14.4 Å². The molecule has 0 spiro atoms. The lowest BCUT2D eigenvalue weighted by atomic mass is 10.1. The van der Waals surface area contributed by atoms with E-state index in [2.05, 4.69) is 23.3 Å². The second-order valence-corrected chi connectivity index (χ2v) is 4.92. The zero-order valence-electron chi connectivity index (χ0n) is 11.7. The minimum atomic E-state index is -0.824. The van der Waals surface area contributed by atoms with Gasteiger partial charge in [0.2, 0.25) is 17.7 Å². The Morgan fingerprint density at radius 2 is 1.81 bits per heavy atom. The van der Waals surface area contributed by atoms with Crippen LogP contribution in [0.4, 0.5) is 0 Å². The first-order valence-corrected chi connectivity index (χ1v) is 7.11. The first kappa shape index (κ1) is 17.0. The van der Waals surface area contributed by atoms with Crippen LogP contribution in [0.5, 0.6) is 0 Å². The molecule has 0 heterocycles. The molecule has 0 bridgehead atoms. The van der Waals surface area contributed by atoms with Gasteiger partial charge in [0.05, 0.1) is 5.75 Å². The van der Waals surface area contributed by atoms with E-state index in [4.69, 9.17) is 5.73 Å². The fraction of sp³-hybridized carbons (Fsp3) is 0.357. The molecule has 4 N–H and O–H groups in total. The maximum absolute atomic E-state index is 11.9. The summed E-state index contributed by atoms with van der Waals surface area (Å²) >= 11 is 3.81. The van der Waals surface area contributed by atoms with E-state index in [0.717, 1.165) is 5.56 Å². The van der Waals surface area contributed by atoms with Gasteiger partial charge < -0.3 is 16.4 Å². The number of rotatable bonds is 7. The van der Waals surface area contributed by atoms with Crippen molar-refractivity contribution in [2.45, 2.75) is 25.4 Å². The van der Waals surface area contributed by atoms with Gasteiger partial charge in [0.1, 0.15) is 12.1 Å². The summed E-state index contributed by atoms with van der Waals surface area (Å²) in [5, 5.41) is 5.00. The number of nitrogens with two attached hydrogens (primary N) is 1. The van der Waals surface area contributed by atoms with E-state index < -0.39 is 23.9 Å². The van der Waals surface area contributed by atoms with Crippen molar-refractivity contribution in [3.05, 3.63) is 35.9 Å². The molecule has 0 fully saturated rings. The Morgan fingerprint density at radius 3 is 2.33 bits per heavy atom. The van der Waals surface area contributed by atoms with Crippen LogP contribution >= 0.6 is 12.6 Å². The predicted octanol–water partition coefficient (Wildman–Crippen LogP) is -0.366. The molecular formula is C14H19N3O3S. The maximum atomic E-state index is 11.9. The summed E-state index contributed by atoms with van der Waals surface area (Å²) in [4.78, 5) is 34.6. The van der Waals surface area contributed by atoms with E-state index >= 15 is 0 Å². The highest BCUT2D eigenvalue weighted by Crippen LogP contribution is 2.03. The minimum absolute atomic E-state index is 0.0130. The van der Waals surface area contributed by atoms with Gasteiger partial charge in [-0.05, 0) is 12.5 Å². The summed E-state index contributed by atoms with van der Waals surface area (Å²) < 4.78 is 0. The SMILES string of the molecule is C[C@H](NC(=O)CS)C(=O)N[C@@H](Cc1ccccc1)C(N)=O. The lowest BCUT2D eigenvalue weighted by molar-refractivity contribution is -0.130. The monoisotopic (exact) mass is 309 g/mol. The van der Waals surface area contributed by atoms with Gasteiger partial charge in [-0.1, -0.05) is 30.3 Å². The van der Waals surface area contributed by atoms with Gasteiger partial charge in [-0.15, -0.1) is 0 Å². The van der Waals surface area contributed by atoms with Crippen molar-refractivity contribution in [1.82, 2.24) is 10.6 Å². The molecule has 6 nitrogen and oxygen atoms in total. The van der Waals surface area contributed by atoms with Crippen LogP contribution in [0.15, 0.2) is 30.3 Å². The summed E-state index contributed by atoms with van der Waals surface area (Å²) in [5.74, 6) is -1.47. The van der Waals surface area contributed by atoms with Crippen molar-refractivity contribution in [2.24, 2.45) is 5.73 Å². The second-order valence-electron chi connectivity index (χ2n) is 4.60. The Kier molecular flexibility index (Phi) is 6.74. The first-order chi connectivity index (χ1) is 9.93. The molecular weight excluding hydrogens is 290 g/mol. The number of nitrogens with one attached hydrogen (secondary N) is 2. The number of carbonyl (C=O) groups excluding carboxylic acids is 3. The quantitative estimate of drug-likeness (QED) is 0.517.